The lowest BCUT2D eigenvalue weighted by molar-refractivity contribution is -0.120. The molecule has 3 N–H and O–H groups in total. The highest BCUT2D eigenvalue weighted by atomic mass is 16.1. The normalized spacial score (nSPS) is 20.6. The second kappa shape index (κ2) is 6.36. The summed E-state index contributed by atoms with van der Waals surface area (Å²) in [6.07, 6.45) is 7.85. The Labute approximate surface area is 108 Å². The molecule has 0 aromatic heterocycles. The van der Waals surface area contributed by atoms with Crippen molar-refractivity contribution in [3.8, 4) is 0 Å². The van der Waals surface area contributed by atoms with Crippen molar-refractivity contribution in [2.24, 2.45) is 11.7 Å². The lowest BCUT2D eigenvalue weighted by Gasteiger charge is -2.22. The molecule has 1 amide bonds. The van der Waals surface area contributed by atoms with Crippen molar-refractivity contribution in [2.75, 3.05) is 6.54 Å². The average molecular weight is 244 g/mol. The molecule has 18 heavy (non-hydrogen) atoms. The minimum absolute atomic E-state index is 0.312. The lowest BCUT2D eigenvalue weighted by atomic mass is 9.94. The number of allylic oxidation sites excluding steroid dienone is 2. The van der Waals surface area contributed by atoms with Crippen LogP contribution in [0.5, 0.6) is 0 Å². The molecule has 0 aliphatic heterocycles. The van der Waals surface area contributed by atoms with Gasteiger partial charge in [-0.15, -0.1) is 0 Å². The van der Waals surface area contributed by atoms with Gasteiger partial charge in [0, 0.05) is 0 Å². The number of benzene rings is 1. The molecule has 3 nitrogen and oxygen atoms in total. The molecule has 96 valence electrons. The van der Waals surface area contributed by atoms with Gasteiger partial charge in [0.2, 0.25) is 5.91 Å². The van der Waals surface area contributed by atoms with E-state index in [1.807, 2.05) is 30.3 Å². The number of hydrogen-bond acceptors (Lipinski definition) is 2. The largest absolute Gasteiger partial charge is 0.368 e. The monoisotopic (exact) mass is 244 g/mol. The minimum atomic E-state index is -0.378. The average Bonchev–Trinajstić information content (AvgIpc) is 2.41. The van der Waals surface area contributed by atoms with Crippen LogP contribution in [0, 0.1) is 5.92 Å². The van der Waals surface area contributed by atoms with Crippen molar-refractivity contribution in [2.45, 2.75) is 25.3 Å². The minimum Gasteiger partial charge on any atom is -0.368 e. The van der Waals surface area contributed by atoms with Crippen LogP contribution in [0.1, 0.15) is 30.9 Å². The summed E-state index contributed by atoms with van der Waals surface area (Å²) >= 11 is 0. The van der Waals surface area contributed by atoms with Crippen LogP contribution in [-0.2, 0) is 4.79 Å². The van der Waals surface area contributed by atoms with Gasteiger partial charge in [0.1, 0.15) is 6.04 Å². The lowest BCUT2D eigenvalue weighted by Crippen LogP contribution is -2.36. The fourth-order valence-corrected chi connectivity index (χ4v) is 2.35. The number of rotatable bonds is 5. The topological polar surface area (TPSA) is 55.1 Å². The summed E-state index contributed by atoms with van der Waals surface area (Å²) in [7, 11) is 0. The molecule has 0 radical (unpaired) electrons. The van der Waals surface area contributed by atoms with E-state index in [0.29, 0.717) is 5.92 Å². The molecule has 0 fully saturated rings. The van der Waals surface area contributed by atoms with E-state index in [1.165, 1.54) is 6.42 Å². The van der Waals surface area contributed by atoms with E-state index < -0.39 is 0 Å². The highest BCUT2D eigenvalue weighted by molar-refractivity contribution is 5.81. The molecule has 2 rings (SSSR count). The van der Waals surface area contributed by atoms with Gasteiger partial charge in [-0.3, -0.25) is 4.79 Å². The van der Waals surface area contributed by atoms with Crippen molar-refractivity contribution >= 4 is 5.91 Å². The van der Waals surface area contributed by atoms with Gasteiger partial charge in [-0.25, -0.2) is 0 Å². The fourth-order valence-electron chi connectivity index (χ4n) is 2.35. The first-order valence-electron chi connectivity index (χ1n) is 6.50. The second-order valence-electron chi connectivity index (χ2n) is 4.80. The van der Waals surface area contributed by atoms with E-state index in [2.05, 4.69) is 17.5 Å². The zero-order valence-electron chi connectivity index (χ0n) is 10.5. The molecule has 0 saturated heterocycles. The first kappa shape index (κ1) is 12.8. The molecule has 1 aromatic carbocycles. The zero-order valence-corrected chi connectivity index (χ0v) is 10.5. The zero-order chi connectivity index (χ0) is 12.8. The predicted molar refractivity (Wildman–Crippen MR) is 72.9 cm³/mol. The third kappa shape index (κ3) is 3.44. The third-order valence-electron chi connectivity index (χ3n) is 3.41. The van der Waals surface area contributed by atoms with Gasteiger partial charge in [-0.1, -0.05) is 42.5 Å². The van der Waals surface area contributed by atoms with Crippen LogP contribution in [0.4, 0.5) is 0 Å². The van der Waals surface area contributed by atoms with Gasteiger partial charge in [-0.05, 0) is 37.3 Å². The van der Waals surface area contributed by atoms with Crippen molar-refractivity contribution in [1.29, 1.82) is 0 Å². The van der Waals surface area contributed by atoms with Gasteiger partial charge in [0.15, 0.2) is 0 Å². The van der Waals surface area contributed by atoms with Gasteiger partial charge in [0.05, 0.1) is 0 Å². The Morgan fingerprint density at radius 1 is 1.33 bits per heavy atom. The summed E-state index contributed by atoms with van der Waals surface area (Å²) < 4.78 is 0. The maximum Gasteiger partial charge on any atom is 0.239 e. The standard InChI is InChI=1S/C15H20N2O/c16-15(18)14(13-9-5-2-6-10-13)17-11-12-7-3-1-4-8-12/h1-3,5-6,9-10,12,14,17H,4,7-8,11H2,(H2,16,18). The number of carbonyl (C=O) groups excluding carboxylic acids is 1. The van der Waals surface area contributed by atoms with E-state index in [4.69, 9.17) is 5.73 Å². The van der Waals surface area contributed by atoms with Crippen molar-refractivity contribution in [1.82, 2.24) is 5.32 Å². The summed E-state index contributed by atoms with van der Waals surface area (Å²) in [5.41, 5.74) is 6.41. The Bertz CT molecular complexity index is 414. The fraction of sp³-hybridized carbons (Fsp3) is 0.400. The third-order valence-corrected chi connectivity index (χ3v) is 3.41. The molecule has 1 aliphatic rings. The Hall–Kier alpha value is -1.61. The highest BCUT2D eigenvalue weighted by Gasteiger charge is 2.19. The van der Waals surface area contributed by atoms with E-state index in [9.17, 15) is 4.79 Å². The van der Waals surface area contributed by atoms with Crippen LogP contribution in [0.25, 0.3) is 0 Å². The Morgan fingerprint density at radius 2 is 2.11 bits per heavy atom. The van der Waals surface area contributed by atoms with Crippen LogP contribution in [0.3, 0.4) is 0 Å². The van der Waals surface area contributed by atoms with Crippen molar-refractivity contribution in [3.05, 3.63) is 48.0 Å². The summed E-state index contributed by atoms with van der Waals surface area (Å²) in [5, 5.41) is 3.30. The van der Waals surface area contributed by atoms with Gasteiger partial charge in [-0.2, -0.15) is 0 Å². The quantitative estimate of drug-likeness (QED) is 0.780. The molecule has 0 saturated carbocycles. The van der Waals surface area contributed by atoms with Crippen molar-refractivity contribution in [3.63, 3.8) is 0 Å². The van der Waals surface area contributed by atoms with Crippen LogP contribution in [-0.4, -0.2) is 12.5 Å². The maximum atomic E-state index is 11.5. The molecule has 0 heterocycles. The maximum absolute atomic E-state index is 11.5. The molecule has 1 aliphatic carbocycles. The van der Waals surface area contributed by atoms with Gasteiger partial charge >= 0.3 is 0 Å². The molecule has 0 spiro atoms. The van der Waals surface area contributed by atoms with Crippen molar-refractivity contribution < 1.29 is 4.79 Å². The molecule has 2 atom stereocenters. The molecule has 1 aromatic rings. The predicted octanol–water partition coefficient (Wildman–Crippen LogP) is 2.16. The van der Waals surface area contributed by atoms with E-state index in [0.717, 1.165) is 24.9 Å². The summed E-state index contributed by atoms with van der Waals surface area (Å²) in [4.78, 5) is 11.5. The number of primary amides is 1. The number of carbonyl (C=O) groups is 1. The van der Waals surface area contributed by atoms with Crippen LogP contribution >= 0.6 is 0 Å². The Balaban J connectivity index is 1.95. The van der Waals surface area contributed by atoms with E-state index in [-0.39, 0.29) is 11.9 Å². The van der Waals surface area contributed by atoms with E-state index >= 15 is 0 Å². The highest BCUT2D eigenvalue weighted by Crippen LogP contribution is 2.19. The van der Waals surface area contributed by atoms with Gasteiger partial charge in [0.25, 0.3) is 0 Å². The number of hydrogen-bond donors (Lipinski definition) is 2. The summed E-state index contributed by atoms with van der Waals surface area (Å²) in [5.74, 6) is 0.299. The van der Waals surface area contributed by atoms with Crippen LogP contribution < -0.4 is 11.1 Å². The molecule has 0 bridgehead atoms. The Morgan fingerprint density at radius 3 is 2.72 bits per heavy atom. The summed E-state index contributed by atoms with van der Waals surface area (Å²) in [6.45, 7) is 0.840. The smallest absolute Gasteiger partial charge is 0.239 e. The summed E-state index contributed by atoms with van der Waals surface area (Å²) in [6, 6.07) is 9.28. The van der Waals surface area contributed by atoms with E-state index in [1.54, 1.807) is 0 Å². The molecular weight excluding hydrogens is 224 g/mol. The first-order chi connectivity index (χ1) is 8.77. The van der Waals surface area contributed by atoms with Crippen LogP contribution in [0.15, 0.2) is 42.5 Å². The number of nitrogens with two attached hydrogens (primary N) is 1. The number of nitrogens with one attached hydrogen (secondary N) is 1. The van der Waals surface area contributed by atoms with Crippen LogP contribution in [0.2, 0.25) is 0 Å². The number of amides is 1. The molecule has 2 unspecified atom stereocenters. The first-order valence-corrected chi connectivity index (χ1v) is 6.50. The molecule has 3 heteroatoms. The second-order valence-corrected chi connectivity index (χ2v) is 4.80. The van der Waals surface area contributed by atoms with Gasteiger partial charge < -0.3 is 11.1 Å². The molecular formula is C15H20N2O. The SMILES string of the molecule is NC(=O)C(NCC1CC=CCC1)c1ccccc1. The Kier molecular flexibility index (Phi) is 4.53.